The quantitative estimate of drug-likeness (QED) is 0.0950. The molecule has 2 saturated heterocycles. The highest BCUT2D eigenvalue weighted by molar-refractivity contribution is 6.24. The predicted octanol–water partition coefficient (Wildman–Crippen LogP) is 8.73. The van der Waals surface area contributed by atoms with Crippen molar-refractivity contribution in [2.75, 3.05) is 79.9 Å². The number of ketones is 2. The van der Waals surface area contributed by atoms with Crippen LogP contribution in [0.2, 0.25) is 0 Å². The van der Waals surface area contributed by atoms with Crippen LogP contribution in [-0.2, 0) is 0 Å². The number of fused-ring (bicyclic) bond motifs is 6. The molecule has 10 heteroatoms. The topological polar surface area (TPSA) is 96.0 Å². The van der Waals surface area contributed by atoms with E-state index in [4.69, 9.17) is 28.4 Å². The Balaban J connectivity index is 0.000000174. The lowest BCUT2D eigenvalue weighted by Gasteiger charge is -2.26. The standard InChI is InChI=1S/C24H29NO4.C23H27NO4/c1-3-13-28-21-16-17(27-2)15-19-23(21)22-18(24(19)26)8-7-9-20(22)29-14-12-25-10-5-4-6-11-25;1-3-12-27-20-15-16(26-2)14-18-22(20)21-17(23(18)25)7-6-8-19(21)28-13-11-24-9-4-5-10-24/h7-9,15-16H,3-6,10-14H2,1-2H3;6-8,14-15H,3-5,9-13H2,1-2H3. The Morgan fingerprint density at radius 2 is 0.860 bits per heavy atom. The lowest BCUT2D eigenvalue weighted by molar-refractivity contribution is 0.103. The lowest BCUT2D eigenvalue weighted by atomic mass is 10.0. The number of likely N-dealkylation sites (tertiary alicyclic amines) is 2. The zero-order valence-corrected chi connectivity index (χ0v) is 34.0. The van der Waals surface area contributed by atoms with Crippen LogP contribution in [0.25, 0.3) is 22.3 Å². The number of hydrogen-bond donors (Lipinski definition) is 0. The SMILES string of the molecule is CCCOc1cc(OC)cc2c1-c1c(OCCN3CCCC3)cccc1C2=O.CCCOc1cc(OC)cc2c1-c1c(OCCN3CCCCC3)cccc1C2=O. The number of carbonyl (C=O) groups is 2. The summed E-state index contributed by atoms with van der Waals surface area (Å²) >= 11 is 0. The van der Waals surface area contributed by atoms with Crippen molar-refractivity contribution in [3.63, 3.8) is 0 Å². The van der Waals surface area contributed by atoms with Gasteiger partial charge in [-0.1, -0.05) is 44.5 Å². The van der Waals surface area contributed by atoms with Crippen LogP contribution in [0.3, 0.4) is 0 Å². The minimum atomic E-state index is -0.00441. The second-order valence-electron chi connectivity index (χ2n) is 15.0. The minimum absolute atomic E-state index is 0.00303. The van der Waals surface area contributed by atoms with E-state index in [1.54, 1.807) is 26.4 Å². The molecular weight excluding hydrogens is 721 g/mol. The van der Waals surface area contributed by atoms with Gasteiger partial charge in [0.25, 0.3) is 0 Å². The molecule has 0 atom stereocenters. The van der Waals surface area contributed by atoms with E-state index in [9.17, 15) is 9.59 Å². The predicted molar refractivity (Wildman–Crippen MR) is 222 cm³/mol. The highest BCUT2D eigenvalue weighted by Crippen LogP contribution is 2.50. The third-order valence-electron chi connectivity index (χ3n) is 11.1. The first-order chi connectivity index (χ1) is 27.9. The van der Waals surface area contributed by atoms with Crippen LogP contribution >= 0.6 is 0 Å². The van der Waals surface area contributed by atoms with Crippen LogP contribution < -0.4 is 28.4 Å². The van der Waals surface area contributed by atoms with Crippen molar-refractivity contribution >= 4 is 11.6 Å². The van der Waals surface area contributed by atoms with Gasteiger partial charge < -0.3 is 28.4 Å². The van der Waals surface area contributed by atoms with E-state index in [1.165, 1.54) is 32.1 Å². The molecule has 8 rings (SSSR count). The van der Waals surface area contributed by atoms with E-state index in [1.807, 2.05) is 48.5 Å². The molecule has 0 aromatic heterocycles. The Hall–Kier alpha value is -5.06. The Bertz CT molecular complexity index is 2050. The van der Waals surface area contributed by atoms with Crippen molar-refractivity contribution in [3.8, 4) is 56.8 Å². The van der Waals surface area contributed by atoms with Crippen LogP contribution in [0.4, 0.5) is 0 Å². The van der Waals surface area contributed by atoms with Crippen molar-refractivity contribution in [2.45, 2.75) is 58.8 Å². The molecule has 0 unspecified atom stereocenters. The lowest BCUT2D eigenvalue weighted by Crippen LogP contribution is -2.33. The molecule has 0 saturated carbocycles. The van der Waals surface area contributed by atoms with Crippen LogP contribution in [0.15, 0.2) is 60.7 Å². The van der Waals surface area contributed by atoms with Crippen molar-refractivity contribution in [1.29, 1.82) is 0 Å². The summed E-state index contributed by atoms with van der Waals surface area (Å²) in [7, 11) is 3.21. The number of hydrogen-bond acceptors (Lipinski definition) is 10. The smallest absolute Gasteiger partial charge is 0.194 e. The molecule has 57 heavy (non-hydrogen) atoms. The number of rotatable bonds is 16. The van der Waals surface area contributed by atoms with Crippen molar-refractivity contribution in [2.24, 2.45) is 0 Å². The molecule has 302 valence electrons. The van der Waals surface area contributed by atoms with E-state index in [-0.39, 0.29) is 11.6 Å². The fourth-order valence-corrected chi connectivity index (χ4v) is 8.19. The highest BCUT2D eigenvalue weighted by Gasteiger charge is 2.35. The summed E-state index contributed by atoms with van der Waals surface area (Å²) in [6.07, 6.45) is 8.17. The van der Waals surface area contributed by atoms with Gasteiger partial charge in [-0.15, -0.1) is 0 Å². The zero-order chi connectivity index (χ0) is 39.7. The fourth-order valence-electron chi connectivity index (χ4n) is 8.19. The van der Waals surface area contributed by atoms with Gasteiger partial charge in [0.15, 0.2) is 11.6 Å². The summed E-state index contributed by atoms with van der Waals surface area (Å²) in [6, 6.07) is 18.7. The highest BCUT2D eigenvalue weighted by atomic mass is 16.5. The van der Waals surface area contributed by atoms with Gasteiger partial charge in [-0.2, -0.15) is 0 Å². The Kier molecular flexibility index (Phi) is 13.3. The Morgan fingerprint density at radius 1 is 0.474 bits per heavy atom. The summed E-state index contributed by atoms with van der Waals surface area (Å²) in [4.78, 5) is 31.0. The zero-order valence-electron chi connectivity index (χ0n) is 34.0. The Labute approximate surface area is 337 Å². The van der Waals surface area contributed by atoms with Gasteiger partial charge in [0.2, 0.25) is 0 Å². The number of carbonyl (C=O) groups excluding carboxylic acids is 2. The third-order valence-corrected chi connectivity index (χ3v) is 11.1. The maximum Gasteiger partial charge on any atom is 0.194 e. The van der Waals surface area contributed by atoms with Gasteiger partial charge in [0, 0.05) is 69.7 Å². The average Bonchev–Trinajstić information content (AvgIpc) is 3.95. The number of ether oxygens (including phenoxy) is 6. The average molecular weight is 777 g/mol. The Morgan fingerprint density at radius 3 is 1.26 bits per heavy atom. The second-order valence-corrected chi connectivity index (χ2v) is 15.0. The molecule has 4 aromatic rings. The normalized spacial score (nSPS) is 15.6. The van der Waals surface area contributed by atoms with Gasteiger partial charge >= 0.3 is 0 Å². The molecule has 0 bridgehead atoms. The third kappa shape index (κ3) is 8.77. The molecule has 2 heterocycles. The number of nitrogens with zero attached hydrogens (tertiary/aromatic N) is 2. The largest absolute Gasteiger partial charge is 0.497 e. The molecule has 0 N–H and O–H groups in total. The monoisotopic (exact) mass is 776 g/mol. The van der Waals surface area contributed by atoms with Gasteiger partial charge in [0.1, 0.15) is 47.7 Å². The van der Waals surface area contributed by atoms with E-state index in [2.05, 4.69) is 23.6 Å². The summed E-state index contributed by atoms with van der Waals surface area (Å²) in [5, 5.41) is 0. The summed E-state index contributed by atoms with van der Waals surface area (Å²) in [5.74, 6) is 4.10. The van der Waals surface area contributed by atoms with E-state index < -0.39 is 0 Å². The molecule has 0 spiro atoms. The van der Waals surface area contributed by atoms with Gasteiger partial charge in [0.05, 0.1) is 27.4 Å². The van der Waals surface area contributed by atoms with Crippen molar-refractivity contribution in [3.05, 3.63) is 82.9 Å². The number of benzene rings is 4. The summed E-state index contributed by atoms with van der Waals surface area (Å²) in [5.41, 5.74) is 5.93. The maximum absolute atomic E-state index is 13.1. The summed E-state index contributed by atoms with van der Waals surface area (Å²) in [6.45, 7) is 12.9. The minimum Gasteiger partial charge on any atom is -0.497 e. The molecule has 2 aliphatic heterocycles. The fraction of sp³-hybridized carbons (Fsp3) is 0.447. The molecule has 0 amide bonds. The number of piperidine rings is 1. The molecular formula is C47H56N2O8. The van der Waals surface area contributed by atoms with Crippen LogP contribution in [-0.4, -0.2) is 101 Å². The molecule has 4 aliphatic rings. The second kappa shape index (κ2) is 18.9. The molecule has 0 radical (unpaired) electrons. The van der Waals surface area contributed by atoms with Crippen LogP contribution in [0, 0.1) is 0 Å². The molecule has 4 aromatic carbocycles. The first-order valence-corrected chi connectivity index (χ1v) is 20.7. The van der Waals surface area contributed by atoms with Crippen molar-refractivity contribution in [1.82, 2.24) is 9.80 Å². The van der Waals surface area contributed by atoms with Gasteiger partial charge in [-0.05, 0) is 89.0 Å². The van der Waals surface area contributed by atoms with E-state index in [0.717, 1.165) is 85.9 Å². The van der Waals surface area contributed by atoms with E-state index >= 15 is 0 Å². The molecule has 2 fully saturated rings. The maximum atomic E-state index is 13.1. The van der Waals surface area contributed by atoms with Crippen molar-refractivity contribution < 1.29 is 38.0 Å². The summed E-state index contributed by atoms with van der Waals surface area (Å²) < 4.78 is 35.1. The van der Waals surface area contributed by atoms with Crippen LogP contribution in [0.5, 0.6) is 34.5 Å². The first kappa shape index (κ1) is 40.1. The van der Waals surface area contributed by atoms with Crippen LogP contribution in [0.1, 0.15) is 90.6 Å². The number of methoxy groups -OCH3 is 2. The molecule has 2 aliphatic carbocycles. The van der Waals surface area contributed by atoms with E-state index in [0.29, 0.717) is 71.7 Å². The van der Waals surface area contributed by atoms with Gasteiger partial charge in [-0.3, -0.25) is 19.4 Å². The molecule has 10 nitrogen and oxygen atoms in total. The van der Waals surface area contributed by atoms with Gasteiger partial charge in [-0.25, -0.2) is 0 Å². The first-order valence-electron chi connectivity index (χ1n) is 20.7.